The molecule has 0 unspecified atom stereocenters. The van der Waals surface area contributed by atoms with Crippen LogP contribution >= 0.6 is 0 Å². The Balaban J connectivity index is 1.08. The zero-order valence-corrected chi connectivity index (χ0v) is 22.3. The number of anilines is 2. The highest BCUT2D eigenvalue weighted by atomic mass is 19.1. The molecule has 4 heterocycles. The smallest absolute Gasteiger partial charge is 0.414 e. The van der Waals surface area contributed by atoms with Crippen LogP contribution < -0.4 is 20.4 Å². The summed E-state index contributed by atoms with van der Waals surface area (Å²) >= 11 is 0. The number of halogens is 1. The molecule has 3 aromatic rings. The number of rotatable bonds is 8. The quantitative estimate of drug-likeness (QED) is 0.406. The molecule has 5 rings (SSSR count). The van der Waals surface area contributed by atoms with Crippen LogP contribution in [0.5, 0.6) is 0 Å². The number of aromatic nitrogens is 3. The molecule has 15 heteroatoms. The van der Waals surface area contributed by atoms with Crippen LogP contribution in [0.4, 0.5) is 25.4 Å². The zero-order valence-electron chi connectivity index (χ0n) is 22.3. The lowest BCUT2D eigenvalue weighted by atomic mass is 10.2. The Morgan fingerprint density at radius 3 is 2.71 bits per heavy atom. The number of nitrogens with zero attached hydrogens (tertiary/aromatic N) is 6. The second kappa shape index (κ2) is 12.1. The lowest BCUT2D eigenvalue weighted by Gasteiger charge is -2.36. The summed E-state index contributed by atoms with van der Waals surface area (Å²) in [4.78, 5) is 61.6. The van der Waals surface area contributed by atoms with Crippen LogP contribution in [0.15, 0.2) is 43.0 Å². The Kier molecular flexibility index (Phi) is 8.12. The maximum absolute atomic E-state index is 15.1. The first-order valence-corrected chi connectivity index (χ1v) is 13.0. The average molecular weight is 569 g/mol. The second-order valence-electron chi connectivity index (χ2n) is 9.47. The highest BCUT2D eigenvalue weighted by Gasteiger charge is 2.33. The summed E-state index contributed by atoms with van der Waals surface area (Å²) in [6.07, 6.45) is 4.70. The molecular weight excluding hydrogens is 539 g/mol. The molecule has 2 aliphatic rings. The van der Waals surface area contributed by atoms with Gasteiger partial charge < -0.3 is 34.3 Å². The van der Waals surface area contributed by atoms with Crippen molar-refractivity contribution in [2.45, 2.75) is 12.5 Å². The minimum Gasteiger partial charge on any atom is -0.453 e. The van der Waals surface area contributed by atoms with Crippen LogP contribution in [0.3, 0.4) is 0 Å². The number of piperazine rings is 1. The summed E-state index contributed by atoms with van der Waals surface area (Å²) in [5, 5.41) is 5.19. The molecule has 2 fully saturated rings. The van der Waals surface area contributed by atoms with E-state index in [2.05, 4.69) is 25.3 Å². The topological polar surface area (TPSA) is 151 Å². The van der Waals surface area contributed by atoms with Gasteiger partial charge in [-0.2, -0.15) is 0 Å². The van der Waals surface area contributed by atoms with E-state index < -0.39 is 24.1 Å². The summed E-state index contributed by atoms with van der Waals surface area (Å²) in [7, 11) is 1.23. The number of carbonyl (C=O) groups excluding carboxylic acids is 4. The molecule has 1 aromatic carbocycles. The number of benzene rings is 1. The minimum absolute atomic E-state index is 0.0740. The summed E-state index contributed by atoms with van der Waals surface area (Å²) < 4.78 is 26.5. The number of hydrogen-bond acceptors (Lipinski definition) is 9. The van der Waals surface area contributed by atoms with Crippen molar-refractivity contribution in [3.05, 3.63) is 54.5 Å². The Bertz CT molecular complexity index is 1420. The van der Waals surface area contributed by atoms with Crippen molar-refractivity contribution in [3.8, 4) is 0 Å². The van der Waals surface area contributed by atoms with Crippen LogP contribution in [0.1, 0.15) is 16.9 Å². The Morgan fingerprint density at radius 2 is 1.98 bits per heavy atom. The standard InChI is InChI=1S/C26H29FN8O6/c1-40-25(38)30-13-18-15-35(26(39)41-18)17-2-3-21(19(27)12-17)32-8-10-33(11-9-32)23(36)4-5-29-24(37)20-16-34-7-6-28-14-22(34)31-20/h2-3,6-7,12,14,16,18H,4-5,8-11,13,15H2,1H3,(H,29,37)(H,30,38)/t18-/m0/s1. The largest absolute Gasteiger partial charge is 0.453 e. The van der Waals surface area contributed by atoms with Gasteiger partial charge in [0.15, 0.2) is 5.65 Å². The molecule has 0 spiro atoms. The van der Waals surface area contributed by atoms with E-state index in [1.165, 1.54) is 18.1 Å². The van der Waals surface area contributed by atoms with Crippen LogP contribution in [-0.4, -0.2) is 102 Å². The Morgan fingerprint density at radius 1 is 1.17 bits per heavy atom. The number of ether oxygens (including phenoxy) is 2. The zero-order chi connectivity index (χ0) is 28.9. The normalized spacial score (nSPS) is 17.0. The van der Waals surface area contributed by atoms with E-state index >= 15 is 4.39 Å². The number of fused-ring (bicyclic) bond motifs is 1. The van der Waals surface area contributed by atoms with Gasteiger partial charge in [0.05, 0.1) is 37.8 Å². The first-order valence-electron chi connectivity index (χ1n) is 13.0. The predicted octanol–water partition coefficient (Wildman–Crippen LogP) is 1.02. The van der Waals surface area contributed by atoms with Gasteiger partial charge in [-0.25, -0.2) is 19.0 Å². The van der Waals surface area contributed by atoms with Crippen LogP contribution in [-0.2, 0) is 14.3 Å². The number of hydrogen-bond donors (Lipinski definition) is 2. The van der Waals surface area contributed by atoms with Crippen LogP contribution in [0.25, 0.3) is 5.65 Å². The van der Waals surface area contributed by atoms with E-state index in [-0.39, 0.29) is 43.6 Å². The molecule has 1 atom stereocenters. The maximum Gasteiger partial charge on any atom is 0.414 e. The van der Waals surface area contributed by atoms with Crippen molar-refractivity contribution in [2.24, 2.45) is 0 Å². The van der Waals surface area contributed by atoms with E-state index in [1.807, 2.05) is 4.90 Å². The number of imidazole rings is 1. The highest BCUT2D eigenvalue weighted by molar-refractivity contribution is 5.93. The number of alkyl carbamates (subject to hydrolysis) is 1. The number of carbonyl (C=O) groups is 4. The van der Waals surface area contributed by atoms with Gasteiger partial charge in [-0.15, -0.1) is 0 Å². The fourth-order valence-electron chi connectivity index (χ4n) is 4.71. The molecule has 2 N–H and O–H groups in total. The van der Waals surface area contributed by atoms with Crippen LogP contribution in [0.2, 0.25) is 0 Å². The van der Waals surface area contributed by atoms with Gasteiger partial charge in [0.25, 0.3) is 5.91 Å². The molecule has 0 bridgehead atoms. The lowest BCUT2D eigenvalue weighted by Crippen LogP contribution is -2.49. The van der Waals surface area contributed by atoms with E-state index in [9.17, 15) is 19.2 Å². The minimum atomic E-state index is -0.638. The van der Waals surface area contributed by atoms with Gasteiger partial charge in [-0.05, 0) is 18.2 Å². The third-order valence-electron chi connectivity index (χ3n) is 6.87. The molecule has 2 aromatic heterocycles. The molecule has 0 radical (unpaired) electrons. The van der Waals surface area contributed by atoms with Crippen molar-refractivity contribution in [3.63, 3.8) is 0 Å². The maximum atomic E-state index is 15.1. The van der Waals surface area contributed by atoms with Crippen molar-refractivity contribution < 1.29 is 33.0 Å². The highest BCUT2D eigenvalue weighted by Crippen LogP contribution is 2.28. The molecule has 0 saturated carbocycles. The van der Waals surface area contributed by atoms with Crippen molar-refractivity contribution in [1.29, 1.82) is 0 Å². The van der Waals surface area contributed by atoms with Gasteiger partial charge in [-0.1, -0.05) is 0 Å². The van der Waals surface area contributed by atoms with Gasteiger partial charge >= 0.3 is 12.2 Å². The molecule has 14 nitrogen and oxygen atoms in total. The van der Waals surface area contributed by atoms with E-state index in [0.717, 1.165) is 0 Å². The third kappa shape index (κ3) is 6.28. The lowest BCUT2D eigenvalue weighted by molar-refractivity contribution is -0.131. The fourth-order valence-corrected chi connectivity index (χ4v) is 4.71. The van der Waals surface area contributed by atoms with E-state index in [4.69, 9.17) is 4.74 Å². The molecule has 216 valence electrons. The Labute approximate surface area is 234 Å². The van der Waals surface area contributed by atoms with Crippen molar-refractivity contribution in [1.82, 2.24) is 29.9 Å². The van der Waals surface area contributed by atoms with Gasteiger partial charge in [0, 0.05) is 57.7 Å². The summed E-state index contributed by atoms with van der Waals surface area (Å²) in [6.45, 7) is 2.05. The molecule has 41 heavy (non-hydrogen) atoms. The van der Waals surface area contributed by atoms with E-state index in [1.54, 1.807) is 46.2 Å². The monoisotopic (exact) mass is 568 g/mol. The van der Waals surface area contributed by atoms with E-state index in [0.29, 0.717) is 43.2 Å². The summed E-state index contributed by atoms with van der Waals surface area (Å²) in [5.41, 5.74) is 1.50. The first kappa shape index (κ1) is 27.6. The van der Waals surface area contributed by atoms with Crippen molar-refractivity contribution in [2.75, 3.05) is 62.7 Å². The molecule has 0 aliphatic carbocycles. The molecule has 4 amide bonds. The van der Waals surface area contributed by atoms with Crippen molar-refractivity contribution >= 4 is 41.0 Å². The van der Waals surface area contributed by atoms with Gasteiger partial charge in [-0.3, -0.25) is 19.5 Å². The number of amides is 4. The first-order chi connectivity index (χ1) is 19.8. The SMILES string of the molecule is COC(=O)NC[C@H]1CN(c2ccc(N3CCN(C(=O)CCNC(=O)c4cn5ccncc5n4)CC3)c(F)c2)C(=O)O1. The third-order valence-corrected chi connectivity index (χ3v) is 6.87. The van der Waals surface area contributed by atoms with Gasteiger partial charge in [0.1, 0.15) is 17.6 Å². The summed E-state index contributed by atoms with van der Waals surface area (Å²) in [6, 6.07) is 4.50. The average Bonchev–Trinajstić information content (AvgIpc) is 3.59. The summed E-state index contributed by atoms with van der Waals surface area (Å²) in [5.74, 6) is -0.985. The number of nitrogens with one attached hydrogen (secondary N) is 2. The fraction of sp³-hybridized carbons (Fsp3) is 0.385. The Hall–Kier alpha value is -4.95. The predicted molar refractivity (Wildman–Crippen MR) is 143 cm³/mol. The molecule has 2 aliphatic heterocycles. The number of cyclic esters (lactones) is 1. The van der Waals surface area contributed by atoms with Crippen LogP contribution in [0, 0.1) is 5.82 Å². The van der Waals surface area contributed by atoms with Gasteiger partial charge in [0.2, 0.25) is 5.91 Å². The molecule has 2 saturated heterocycles. The molecular formula is C26H29FN8O6. The number of methoxy groups -OCH3 is 1. The second-order valence-corrected chi connectivity index (χ2v) is 9.47.